The molecule has 0 bridgehead atoms. The standard InChI is InChI=1S/C24H22N6/c1-17-15-23(28-27-17)26-24-22-10-6-5-7-18(22)16-30(29-24)21-13-11-20(12-14-21)25-19-8-3-2-4-9-19/h2-15,25H,16H2,1H3,(H2,26,27,28,29). The summed E-state index contributed by atoms with van der Waals surface area (Å²) in [5.41, 5.74) is 9.93. The Kier molecular flexibility index (Phi) is 4.65. The molecule has 0 amide bonds. The van der Waals surface area contributed by atoms with Crippen molar-refractivity contribution in [2.45, 2.75) is 13.5 Å². The van der Waals surface area contributed by atoms with Gasteiger partial charge in [-0.25, -0.2) is 4.99 Å². The zero-order valence-corrected chi connectivity index (χ0v) is 16.6. The third-order valence-electron chi connectivity index (χ3n) is 5.00. The van der Waals surface area contributed by atoms with Gasteiger partial charge in [-0.2, -0.15) is 5.10 Å². The molecule has 3 N–H and O–H groups in total. The normalized spacial score (nSPS) is 14.3. The summed E-state index contributed by atoms with van der Waals surface area (Å²) in [6.07, 6.45) is 0. The first-order valence-corrected chi connectivity index (χ1v) is 9.90. The fourth-order valence-electron chi connectivity index (χ4n) is 3.52. The third kappa shape index (κ3) is 3.75. The van der Waals surface area contributed by atoms with Crippen molar-refractivity contribution in [1.29, 1.82) is 0 Å². The van der Waals surface area contributed by atoms with Crippen LogP contribution in [0.3, 0.4) is 0 Å². The first kappa shape index (κ1) is 18.0. The van der Waals surface area contributed by atoms with Crippen molar-refractivity contribution in [3.8, 4) is 0 Å². The minimum Gasteiger partial charge on any atom is -0.356 e. The van der Waals surface area contributed by atoms with Crippen LogP contribution in [0.15, 0.2) is 89.9 Å². The smallest absolute Gasteiger partial charge is 0.176 e. The van der Waals surface area contributed by atoms with Crippen molar-refractivity contribution >= 4 is 28.7 Å². The maximum Gasteiger partial charge on any atom is 0.176 e. The minimum absolute atomic E-state index is 0.661. The molecular weight excluding hydrogens is 372 g/mol. The van der Waals surface area contributed by atoms with Gasteiger partial charge in [0.15, 0.2) is 11.7 Å². The summed E-state index contributed by atoms with van der Waals surface area (Å²) in [7, 11) is 0. The lowest BCUT2D eigenvalue weighted by molar-refractivity contribution is 0.741. The highest BCUT2D eigenvalue weighted by atomic mass is 15.5. The number of nitrogens with one attached hydrogen (secondary N) is 3. The zero-order valence-electron chi connectivity index (χ0n) is 16.6. The number of hydrogen-bond donors (Lipinski definition) is 3. The molecule has 2 heterocycles. The predicted molar refractivity (Wildman–Crippen MR) is 121 cm³/mol. The lowest BCUT2D eigenvalue weighted by atomic mass is 10.0. The second-order valence-corrected chi connectivity index (χ2v) is 7.26. The highest BCUT2D eigenvalue weighted by Gasteiger charge is 2.21. The Morgan fingerprint density at radius 3 is 2.40 bits per heavy atom. The van der Waals surface area contributed by atoms with E-state index < -0.39 is 0 Å². The molecule has 1 aliphatic heterocycles. The highest BCUT2D eigenvalue weighted by Crippen LogP contribution is 2.26. The van der Waals surface area contributed by atoms with E-state index in [2.05, 4.69) is 80.5 Å². The molecule has 0 saturated carbocycles. The average molecular weight is 394 g/mol. The summed E-state index contributed by atoms with van der Waals surface area (Å²) in [6.45, 7) is 2.72. The summed E-state index contributed by atoms with van der Waals surface area (Å²) in [6, 6.07) is 28.8. The van der Waals surface area contributed by atoms with Crippen LogP contribution in [0.1, 0.15) is 16.8 Å². The van der Waals surface area contributed by atoms with Crippen LogP contribution in [0.25, 0.3) is 0 Å². The minimum atomic E-state index is 0.661. The van der Waals surface area contributed by atoms with Gasteiger partial charge in [-0.05, 0) is 48.9 Å². The van der Waals surface area contributed by atoms with E-state index in [1.807, 2.05) is 37.3 Å². The van der Waals surface area contributed by atoms with E-state index in [4.69, 9.17) is 4.99 Å². The Morgan fingerprint density at radius 2 is 1.63 bits per heavy atom. The first-order chi connectivity index (χ1) is 14.7. The number of aromatic amines is 1. The fraction of sp³-hybridized carbons (Fsp3) is 0.0833. The van der Waals surface area contributed by atoms with Crippen molar-refractivity contribution in [2.24, 2.45) is 4.99 Å². The maximum absolute atomic E-state index is 4.74. The van der Waals surface area contributed by atoms with Crippen LogP contribution in [-0.4, -0.2) is 16.0 Å². The van der Waals surface area contributed by atoms with Crippen molar-refractivity contribution in [3.05, 3.63) is 102 Å². The van der Waals surface area contributed by atoms with Crippen LogP contribution in [0.5, 0.6) is 0 Å². The number of fused-ring (bicyclic) bond motifs is 1. The van der Waals surface area contributed by atoms with Gasteiger partial charge in [-0.15, -0.1) is 0 Å². The lowest BCUT2D eigenvalue weighted by Gasteiger charge is -2.33. The molecule has 6 heteroatoms. The Hall–Kier alpha value is -4.06. The second kappa shape index (κ2) is 7.75. The van der Waals surface area contributed by atoms with E-state index in [1.54, 1.807) is 0 Å². The van der Waals surface area contributed by atoms with E-state index in [0.29, 0.717) is 5.82 Å². The van der Waals surface area contributed by atoms with Crippen LogP contribution < -0.4 is 15.8 Å². The van der Waals surface area contributed by atoms with Crippen LogP contribution >= 0.6 is 0 Å². The quantitative estimate of drug-likeness (QED) is 0.452. The largest absolute Gasteiger partial charge is 0.356 e. The SMILES string of the molecule is Cc1cc(N=C2NN(c3ccc(Nc4ccccc4)cc3)Cc3ccccc32)n[nH]1. The Morgan fingerprint density at radius 1 is 0.900 bits per heavy atom. The third-order valence-corrected chi connectivity index (χ3v) is 5.00. The molecule has 0 unspecified atom stereocenters. The van der Waals surface area contributed by atoms with Crippen LogP contribution in [0.4, 0.5) is 22.9 Å². The molecule has 0 fully saturated rings. The van der Waals surface area contributed by atoms with E-state index in [0.717, 1.165) is 40.7 Å². The number of hydrogen-bond acceptors (Lipinski definition) is 4. The zero-order chi connectivity index (χ0) is 20.3. The van der Waals surface area contributed by atoms with Gasteiger partial charge in [0.2, 0.25) is 0 Å². The number of aliphatic imine (C=N–C) groups is 1. The number of rotatable bonds is 4. The van der Waals surface area contributed by atoms with E-state index in [9.17, 15) is 0 Å². The monoisotopic (exact) mass is 394 g/mol. The molecule has 6 nitrogen and oxygen atoms in total. The summed E-state index contributed by atoms with van der Waals surface area (Å²) < 4.78 is 0. The summed E-state index contributed by atoms with van der Waals surface area (Å²) in [5, 5.41) is 12.7. The van der Waals surface area contributed by atoms with Gasteiger partial charge in [0, 0.05) is 28.7 Å². The Bertz CT molecular complexity index is 1180. The molecule has 1 aromatic heterocycles. The van der Waals surface area contributed by atoms with Crippen molar-refractivity contribution in [1.82, 2.24) is 15.6 Å². The van der Waals surface area contributed by atoms with Gasteiger partial charge >= 0.3 is 0 Å². The molecule has 0 saturated heterocycles. The molecule has 1 aliphatic rings. The molecule has 3 aromatic carbocycles. The van der Waals surface area contributed by atoms with E-state index in [-0.39, 0.29) is 0 Å². The number of aromatic nitrogens is 2. The van der Waals surface area contributed by atoms with Gasteiger partial charge in [0.05, 0.1) is 12.2 Å². The van der Waals surface area contributed by atoms with Crippen molar-refractivity contribution in [3.63, 3.8) is 0 Å². The number of nitrogens with zero attached hydrogens (tertiary/aromatic N) is 3. The molecule has 4 aromatic rings. The number of amidine groups is 1. The van der Waals surface area contributed by atoms with E-state index in [1.165, 1.54) is 5.56 Å². The number of para-hydroxylation sites is 1. The van der Waals surface area contributed by atoms with Gasteiger partial charge in [-0.3, -0.25) is 15.5 Å². The van der Waals surface area contributed by atoms with Crippen LogP contribution in [0.2, 0.25) is 0 Å². The molecule has 0 aliphatic carbocycles. The Labute approximate surface area is 175 Å². The number of hydrazine groups is 1. The molecule has 148 valence electrons. The van der Waals surface area contributed by atoms with Gasteiger partial charge in [0.1, 0.15) is 0 Å². The second-order valence-electron chi connectivity index (χ2n) is 7.26. The number of H-pyrrole nitrogens is 1. The van der Waals surface area contributed by atoms with Crippen LogP contribution in [-0.2, 0) is 6.54 Å². The molecule has 0 atom stereocenters. The highest BCUT2D eigenvalue weighted by molar-refractivity contribution is 6.03. The summed E-state index contributed by atoms with van der Waals surface area (Å²) in [5.74, 6) is 1.45. The average Bonchev–Trinajstić information content (AvgIpc) is 3.19. The van der Waals surface area contributed by atoms with Crippen LogP contribution in [0, 0.1) is 6.92 Å². The van der Waals surface area contributed by atoms with Gasteiger partial charge < -0.3 is 5.32 Å². The molecule has 0 spiro atoms. The Balaban J connectivity index is 1.42. The van der Waals surface area contributed by atoms with Crippen molar-refractivity contribution < 1.29 is 0 Å². The number of benzene rings is 3. The first-order valence-electron chi connectivity index (χ1n) is 9.90. The fourth-order valence-corrected chi connectivity index (χ4v) is 3.52. The molecular formula is C24H22N6. The van der Waals surface area contributed by atoms with Crippen molar-refractivity contribution in [2.75, 3.05) is 10.3 Å². The predicted octanol–water partition coefficient (Wildman–Crippen LogP) is 5.06. The maximum atomic E-state index is 4.74. The molecule has 30 heavy (non-hydrogen) atoms. The van der Waals surface area contributed by atoms with Gasteiger partial charge in [0.25, 0.3) is 0 Å². The number of aryl methyl sites for hydroxylation is 1. The molecule has 0 radical (unpaired) electrons. The topological polar surface area (TPSA) is 68.3 Å². The summed E-state index contributed by atoms with van der Waals surface area (Å²) in [4.78, 5) is 4.74. The number of anilines is 3. The lowest BCUT2D eigenvalue weighted by Crippen LogP contribution is -2.46. The van der Waals surface area contributed by atoms with E-state index >= 15 is 0 Å². The molecule has 5 rings (SSSR count). The van der Waals surface area contributed by atoms with Gasteiger partial charge in [-0.1, -0.05) is 42.5 Å². The summed E-state index contributed by atoms with van der Waals surface area (Å²) >= 11 is 0.